The molecule has 0 spiro atoms. The van der Waals surface area contributed by atoms with E-state index in [4.69, 9.17) is 23.2 Å². The minimum atomic E-state index is -4.13. The number of nitrogens with one attached hydrogen (secondary N) is 1. The fraction of sp³-hybridized carbons (Fsp3) is 0.333. The lowest BCUT2D eigenvalue weighted by atomic mass is 10.1. The Labute approximate surface area is 247 Å². The average molecular weight is 605 g/mol. The van der Waals surface area contributed by atoms with Gasteiger partial charge in [0.25, 0.3) is 10.0 Å². The van der Waals surface area contributed by atoms with Crippen LogP contribution in [0.2, 0.25) is 10.0 Å². The number of amides is 2. The molecule has 0 saturated carbocycles. The highest BCUT2D eigenvalue weighted by Gasteiger charge is 2.33. The van der Waals surface area contributed by atoms with E-state index in [1.807, 2.05) is 26.8 Å². The molecule has 0 bridgehead atoms. The number of rotatable bonds is 11. The van der Waals surface area contributed by atoms with Crippen molar-refractivity contribution < 1.29 is 18.0 Å². The second-order valence-corrected chi connectivity index (χ2v) is 12.9. The highest BCUT2D eigenvalue weighted by molar-refractivity contribution is 7.92. The maximum absolute atomic E-state index is 14.0. The quantitative estimate of drug-likeness (QED) is 0.291. The van der Waals surface area contributed by atoms with Gasteiger partial charge in [-0.3, -0.25) is 13.9 Å². The molecule has 7 nitrogen and oxygen atoms in total. The number of aryl methyl sites for hydroxylation is 2. The van der Waals surface area contributed by atoms with Crippen LogP contribution in [0.1, 0.15) is 37.5 Å². The highest BCUT2D eigenvalue weighted by atomic mass is 35.5. The monoisotopic (exact) mass is 603 g/mol. The summed E-state index contributed by atoms with van der Waals surface area (Å²) in [5.41, 5.74) is 2.61. The van der Waals surface area contributed by atoms with E-state index in [0.29, 0.717) is 33.4 Å². The summed E-state index contributed by atoms with van der Waals surface area (Å²) in [5.74, 6) is -0.698. The highest BCUT2D eigenvalue weighted by Crippen LogP contribution is 2.29. The van der Waals surface area contributed by atoms with E-state index in [9.17, 15) is 18.0 Å². The SMILES string of the molecule is Cc1ccc(N(CC(=O)N(Cc2ccc(Cl)cc2Cl)[C@H](C)C(=O)NCC(C)C)S(=O)(=O)c2ccccc2)c(C)c1. The molecule has 0 unspecified atom stereocenters. The summed E-state index contributed by atoms with van der Waals surface area (Å²) in [5, 5.41) is 3.64. The van der Waals surface area contributed by atoms with Gasteiger partial charge < -0.3 is 10.2 Å². The van der Waals surface area contributed by atoms with Crippen LogP contribution >= 0.6 is 23.2 Å². The molecule has 3 aromatic rings. The first-order valence-electron chi connectivity index (χ1n) is 13.0. The molecule has 214 valence electrons. The van der Waals surface area contributed by atoms with Gasteiger partial charge in [-0.25, -0.2) is 8.42 Å². The molecule has 0 fully saturated rings. The third kappa shape index (κ3) is 7.77. The summed E-state index contributed by atoms with van der Waals surface area (Å²) < 4.78 is 28.9. The minimum absolute atomic E-state index is 0.0167. The van der Waals surface area contributed by atoms with E-state index in [1.165, 1.54) is 17.0 Å². The summed E-state index contributed by atoms with van der Waals surface area (Å²) in [6.07, 6.45) is 0. The Balaban J connectivity index is 2.06. The van der Waals surface area contributed by atoms with Crippen molar-refractivity contribution in [2.24, 2.45) is 5.92 Å². The van der Waals surface area contributed by atoms with Gasteiger partial charge >= 0.3 is 0 Å². The molecule has 0 aliphatic carbocycles. The van der Waals surface area contributed by atoms with Crippen LogP contribution < -0.4 is 9.62 Å². The summed E-state index contributed by atoms with van der Waals surface area (Å²) in [7, 11) is -4.13. The van der Waals surface area contributed by atoms with Gasteiger partial charge in [-0.2, -0.15) is 0 Å². The van der Waals surface area contributed by atoms with Crippen LogP contribution in [0.5, 0.6) is 0 Å². The Morgan fingerprint density at radius 1 is 0.925 bits per heavy atom. The lowest BCUT2D eigenvalue weighted by molar-refractivity contribution is -0.139. The first-order valence-corrected chi connectivity index (χ1v) is 15.2. The van der Waals surface area contributed by atoms with E-state index < -0.39 is 28.5 Å². The van der Waals surface area contributed by atoms with E-state index >= 15 is 0 Å². The van der Waals surface area contributed by atoms with Crippen molar-refractivity contribution in [2.75, 3.05) is 17.4 Å². The summed E-state index contributed by atoms with van der Waals surface area (Å²) in [6, 6.07) is 17.3. The van der Waals surface area contributed by atoms with E-state index in [1.54, 1.807) is 62.4 Å². The van der Waals surface area contributed by atoms with E-state index in [0.717, 1.165) is 9.87 Å². The standard InChI is InChI=1S/C30H35Cl2N3O4S/c1-20(2)17-33-30(37)23(5)34(18-24-12-13-25(31)16-27(24)32)29(36)19-35(28-14-11-21(3)15-22(28)4)40(38,39)26-9-7-6-8-10-26/h6-16,20,23H,17-19H2,1-5H3,(H,33,37)/t23-/m1/s1. The maximum atomic E-state index is 14.0. The van der Waals surface area contributed by atoms with Crippen LogP contribution in [0.3, 0.4) is 0 Å². The topological polar surface area (TPSA) is 86.8 Å². The molecule has 3 aromatic carbocycles. The molecule has 0 saturated heterocycles. The van der Waals surface area contributed by atoms with Crippen molar-refractivity contribution >= 4 is 50.7 Å². The molecule has 0 aromatic heterocycles. The zero-order valence-corrected chi connectivity index (χ0v) is 25.6. The number of anilines is 1. The zero-order valence-electron chi connectivity index (χ0n) is 23.3. The molecule has 0 radical (unpaired) electrons. The van der Waals surface area contributed by atoms with Crippen LogP contribution in [0.4, 0.5) is 5.69 Å². The number of benzene rings is 3. The summed E-state index contributed by atoms with van der Waals surface area (Å²) >= 11 is 12.5. The van der Waals surface area contributed by atoms with Gasteiger partial charge in [-0.1, -0.05) is 79.0 Å². The predicted octanol–water partition coefficient (Wildman–Crippen LogP) is 6.00. The number of halogens is 2. The number of hydrogen-bond acceptors (Lipinski definition) is 4. The largest absolute Gasteiger partial charge is 0.354 e. The Hall–Kier alpha value is -3.07. The van der Waals surface area contributed by atoms with Crippen molar-refractivity contribution in [1.82, 2.24) is 10.2 Å². The molecule has 0 heterocycles. The van der Waals surface area contributed by atoms with E-state index in [2.05, 4.69) is 5.32 Å². The molecule has 2 amide bonds. The molecular weight excluding hydrogens is 569 g/mol. The fourth-order valence-corrected chi connectivity index (χ4v) is 6.15. The normalized spacial score (nSPS) is 12.2. The lowest BCUT2D eigenvalue weighted by Gasteiger charge is -2.32. The van der Waals surface area contributed by atoms with Gasteiger partial charge in [0.1, 0.15) is 12.6 Å². The second kappa shape index (κ2) is 13.5. The first kappa shape index (κ1) is 31.5. The Kier molecular flexibility index (Phi) is 10.6. The number of carbonyl (C=O) groups excluding carboxylic acids is 2. The first-order chi connectivity index (χ1) is 18.8. The van der Waals surface area contributed by atoms with Gasteiger partial charge in [0.05, 0.1) is 10.6 Å². The third-order valence-electron chi connectivity index (χ3n) is 6.44. The van der Waals surface area contributed by atoms with Gasteiger partial charge in [0.15, 0.2) is 0 Å². The van der Waals surface area contributed by atoms with Crippen molar-refractivity contribution in [2.45, 2.75) is 52.1 Å². The summed E-state index contributed by atoms with van der Waals surface area (Å²) in [6.45, 7) is 9.16. The molecule has 3 rings (SSSR count). The van der Waals surface area contributed by atoms with Crippen molar-refractivity contribution in [3.8, 4) is 0 Å². The van der Waals surface area contributed by atoms with Gasteiger partial charge in [0, 0.05) is 23.1 Å². The van der Waals surface area contributed by atoms with Crippen LogP contribution in [-0.2, 0) is 26.2 Å². The average Bonchev–Trinajstić information content (AvgIpc) is 2.90. The Morgan fingerprint density at radius 3 is 2.20 bits per heavy atom. The van der Waals surface area contributed by atoms with Gasteiger partial charge in [-0.15, -0.1) is 0 Å². The number of carbonyl (C=O) groups is 2. The molecule has 40 heavy (non-hydrogen) atoms. The van der Waals surface area contributed by atoms with E-state index in [-0.39, 0.29) is 23.3 Å². The number of nitrogens with zero attached hydrogens (tertiary/aromatic N) is 2. The van der Waals surface area contributed by atoms with Crippen LogP contribution in [0.25, 0.3) is 0 Å². The second-order valence-electron chi connectivity index (χ2n) is 10.2. The fourth-order valence-electron chi connectivity index (χ4n) is 4.19. The molecule has 1 N–H and O–H groups in total. The lowest BCUT2D eigenvalue weighted by Crippen LogP contribution is -2.51. The number of sulfonamides is 1. The summed E-state index contributed by atoms with van der Waals surface area (Å²) in [4.78, 5) is 28.5. The maximum Gasteiger partial charge on any atom is 0.264 e. The smallest absolute Gasteiger partial charge is 0.264 e. The third-order valence-corrected chi connectivity index (χ3v) is 8.80. The number of hydrogen-bond donors (Lipinski definition) is 1. The van der Waals surface area contributed by atoms with Gasteiger partial charge in [0.2, 0.25) is 11.8 Å². The van der Waals surface area contributed by atoms with Crippen LogP contribution in [0.15, 0.2) is 71.6 Å². The molecule has 1 atom stereocenters. The minimum Gasteiger partial charge on any atom is -0.354 e. The van der Waals surface area contributed by atoms with Crippen LogP contribution in [0, 0.1) is 19.8 Å². The van der Waals surface area contributed by atoms with Crippen molar-refractivity contribution in [3.63, 3.8) is 0 Å². The van der Waals surface area contributed by atoms with Crippen molar-refractivity contribution in [1.29, 1.82) is 0 Å². The molecule has 10 heteroatoms. The Bertz CT molecular complexity index is 1460. The predicted molar refractivity (Wildman–Crippen MR) is 161 cm³/mol. The molecule has 0 aliphatic heterocycles. The molecular formula is C30H35Cl2N3O4S. The molecule has 0 aliphatic rings. The van der Waals surface area contributed by atoms with Crippen LogP contribution in [-0.4, -0.2) is 44.3 Å². The van der Waals surface area contributed by atoms with Crippen molar-refractivity contribution in [3.05, 3.63) is 93.5 Å². The zero-order chi connectivity index (χ0) is 29.6. The Morgan fingerprint density at radius 2 is 1.60 bits per heavy atom. The van der Waals surface area contributed by atoms with Gasteiger partial charge in [-0.05, 0) is 68.1 Å².